The number of carbonyl (C=O) groups is 1. The quantitative estimate of drug-likeness (QED) is 0.571. The number of hydrogen-bond acceptors (Lipinski definition) is 8. The van der Waals surface area contributed by atoms with Crippen molar-refractivity contribution in [2.24, 2.45) is 0 Å². The van der Waals surface area contributed by atoms with Crippen LogP contribution in [0.3, 0.4) is 0 Å². The number of benzene rings is 2. The Bertz CT molecular complexity index is 1230. The number of nitrogens with zero attached hydrogens (tertiary/aromatic N) is 2. The summed E-state index contributed by atoms with van der Waals surface area (Å²) in [7, 11) is 10.0. The van der Waals surface area contributed by atoms with Crippen LogP contribution in [0.25, 0.3) is 22.5 Å². The molecule has 4 rings (SSSR count). The molecular formula is C22H21BN4O5. The van der Waals surface area contributed by atoms with Crippen molar-refractivity contribution in [2.75, 3.05) is 33.8 Å². The van der Waals surface area contributed by atoms with E-state index in [2.05, 4.69) is 23.1 Å². The van der Waals surface area contributed by atoms with Gasteiger partial charge in [-0.2, -0.15) is 0 Å². The summed E-state index contributed by atoms with van der Waals surface area (Å²) in [5.41, 5.74) is 2.68. The molecule has 10 heteroatoms. The van der Waals surface area contributed by atoms with E-state index in [-0.39, 0.29) is 5.69 Å². The maximum absolute atomic E-state index is 12.6. The molecule has 32 heavy (non-hydrogen) atoms. The van der Waals surface area contributed by atoms with E-state index in [1.807, 2.05) is 6.07 Å². The topological polar surface area (TPSA) is 104 Å². The molecule has 2 heterocycles. The van der Waals surface area contributed by atoms with Crippen LogP contribution < -0.4 is 29.6 Å². The summed E-state index contributed by atoms with van der Waals surface area (Å²) in [6.45, 7) is 0. The fourth-order valence-electron chi connectivity index (χ4n) is 3.42. The number of carbonyl (C=O) groups excluding carboxylic acids is 1. The molecule has 0 saturated carbocycles. The minimum atomic E-state index is -0.404. The van der Waals surface area contributed by atoms with E-state index in [0.717, 1.165) is 0 Å². The van der Waals surface area contributed by atoms with Gasteiger partial charge in [-0.15, -0.1) is 0 Å². The van der Waals surface area contributed by atoms with Crippen LogP contribution in [0.5, 0.6) is 23.0 Å². The Balaban J connectivity index is 2.03. The van der Waals surface area contributed by atoms with Gasteiger partial charge in [-0.25, -0.2) is 0 Å². The molecule has 0 spiro atoms. The van der Waals surface area contributed by atoms with E-state index in [1.54, 1.807) is 58.8 Å². The molecule has 1 amide bonds. The van der Waals surface area contributed by atoms with E-state index >= 15 is 0 Å². The molecule has 2 aromatic carbocycles. The average Bonchev–Trinajstić information content (AvgIpc) is 2.82. The van der Waals surface area contributed by atoms with Crippen LogP contribution in [0.1, 0.15) is 10.5 Å². The van der Waals surface area contributed by atoms with E-state index in [0.29, 0.717) is 57.0 Å². The van der Waals surface area contributed by atoms with Crippen LogP contribution in [0.15, 0.2) is 36.4 Å². The first-order valence-electron chi connectivity index (χ1n) is 9.63. The second kappa shape index (κ2) is 8.58. The third-order valence-electron chi connectivity index (χ3n) is 4.97. The van der Waals surface area contributed by atoms with Gasteiger partial charge >= 0.3 is 185 Å². The van der Waals surface area contributed by atoms with Crippen molar-refractivity contribution >= 4 is 24.9 Å². The Labute approximate surface area is 185 Å². The zero-order valence-electron chi connectivity index (χ0n) is 18.1. The number of aromatic nitrogens is 2. The molecule has 0 saturated heterocycles. The Morgan fingerprint density at radius 3 is 1.75 bits per heavy atom. The summed E-state index contributed by atoms with van der Waals surface area (Å²) >= 11 is 0. The van der Waals surface area contributed by atoms with Crippen molar-refractivity contribution in [1.29, 1.82) is 0 Å². The molecule has 3 aromatic rings. The standard InChI is InChI=1S/C22H21BN4O5/c1-29-11-5-7-13(15(9-11)31-3)17-18(14-8-6-12(30-2)10-16(14)32-4)25-20-19(24-17)21(28)27-22(23)26-20/h5-10,23H,1-4H3,(H,25,26)(H,27,28). The average molecular weight is 432 g/mol. The number of ether oxygens (including phenoxy) is 4. The van der Waals surface area contributed by atoms with Crippen LogP contribution in [0, 0.1) is 0 Å². The van der Waals surface area contributed by atoms with Gasteiger partial charge in [0.1, 0.15) is 0 Å². The number of rotatable bonds is 6. The molecular weight excluding hydrogens is 411 g/mol. The van der Waals surface area contributed by atoms with Gasteiger partial charge in [0.2, 0.25) is 0 Å². The first kappa shape index (κ1) is 21.2. The Kier molecular flexibility index (Phi) is 5.68. The molecule has 162 valence electrons. The minimum absolute atomic E-state index is 0.140. The van der Waals surface area contributed by atoms with Gasteiger partial charge in [-0.1, -0.05) is 0 Å². The van der Waals surface area contributed by atoms with Gasteiger partial charge in [0.15, 0.2) is 0 Å². The fourth-order valence-corrected chi connectivity index (χ4v) is 3.42. The van der Waals surface area contributed by atoms with Crippen molar-refractivity contribution in [3.8, 4) is 45.5 Å². The molecule has 0 atom stereocenters. The van der Waals surface area contributed by atoms with Gasteiger partial charge in [0, 0.05) is 0 Å². The first-order valence-corrected chi connectivity index (χ1v) is 9.63. The molecule has 0 aliphatic carbocycles. The summed E-state index contributed by atoms with van der Waals surface area (Å²) in [4.78, 5) is 22.0. The van der Waals surface area contributed by atoms with Gasteiger partial charge in [0.05, 0.1) is 0 Å². The normalized spacial score (nSPS) is 12.3. The number of amides is 1. The van der Waals surface area contributed by atoms with E-state index in [1.165, 1.54) is 0 Å². The van der Waals surface area contributed by atoms with E-state index in [9.17, 15) is 4.79 Å². The SMILES string of the molecule is B=C1NC(=O)c2nc(-c3ccc(OC)cc3OC)c(-c3ccc(OC)cc3OC)nc2N1. The predicted molar refractivity (Wildman–Crippen MR) is 122 cm³/mol. The van der Waals surface area contributed by atoms with Crippen molar-refractivity contribution in [1.82, 2.24) is 15.3 Å². The summed E-state index contributed by atoms with van der Waals surface area (Å²) in [6.07, 6.45) is 0. The van der Waals surface area contributed by atoms with Crippen LogP contribution in [-0.2, 0) is 0 Å². The first-order chi connectivity index (χ1) is 15.5. The number of hydrogen-bond donors (Lipinski definition) is 2. The Morgan fingerprint density at radius 1 is 0.719 bits per heavy atom. The van der Waals surface area contributed by atoms with E-state index in [4.69, 9.17) is 23.9 Å². The zero-order chi connectivity index (χ0) is 22.8. The van der Waals surface area contributed by atoms with Crippen LogP contribution in [0.2, 0.25) is 0 Å². The third kappa shape index (κ3) is 3.71. The zero-order valence-corrected chi connectivity index (χ0v) is 18.1. The van der Waals surface area contributed by atoms with Crippen molar-refractivity contribution in [3.63, 3.8) is 0 Å². The summed E-state index contributed by atoms with van der Waals surface area (Å²) in [5.74, 6) is 2.19. The third-order valence-corrected chi connectivity index (χ3v) is 4.97. The molecule has 9 nitrogen and oxygen atoms in total. The van der Waals surface area contributed by atoms with Crippen molar-refractivity contribution in [3.05, 3.63) is 42.1 Å². The van der Waals surface area contributed by atoms with Gasteiger partial charge in [0.25, 0.3) is 0 Å². The number of methoxy groups -OCH3 is 4. The molecule has 1 aliphatic rings. The van der Waals surface area contributed by atoms with Crippen LogP contribution in [-0.4, -0.2) is 57.5 Å². The van der Waals surface area contributed by atoms with Gasteiger partial charge in [-0.05, 0) is 0 Å². The molecule has 1 aromatic heterocycles. The van der Waals surface area contributed by atoms with E-state index < -0.39 is 5.91 Å². The number of fused-ring (bicyclic) bond motifs is 1. The monoisotopic (exact) mass is 432 g/mol. The number of nitrogens with one attached hydrogen (secondary N) is 2. The second-order valence-corrected chi connectivity index (χ2v) is 6.81. The van der Waals surface area contributed by atoms with Crippen molar-refractivity contribution < 1.29 is 23.7 Å². The fraction of sp³-hybridized carbons (Fsp3) is 0.182. The molecule has 0 unspecified atom stereocenters. The summed E-state index contributed by atoms with van der Waals surface area (Å²) < 4.78 is 21.8. The van der Waals surface area contributed by atoms with Crippen molar-refractivity contribution in [2.45, 2.75) is 0 Å². The number of anilines is 1. The second-order valence-electron chi connectivity index (χ2n) is 6.81. The molecule has 0 fully saturated rings. The molecule has 1 aliphatic heterocycles. The Hall–Kier alpha value is -4.08. The molecule has 2 N–H and O–H groups in total. The predicted octanol–water partition coefficient (Wildman–Crippen LogP) is 1.99. The summed E-state index contributed by atoms with van der Waals surface area (Å²) in [6, 6.07) is 10.7. The van der Waals surface area contributed by atoms with Crippen LogP contribution in [0.4, 0.5) is 5.82 Å². The molecule has 0 bridgehead atoms. The Morgan fingerprint density at radius 2 is 1.25 bits per heavy atom. The van der Waals surface area contributed by atoms with Crippen LogP contribution >= 0.6 is 0 Å². The van der Waals surface area contributed by atoms with Gasteiger partial charge < -0.3 is 0 Å². The van der Waals surface area contributed by atoms with Gasteiger partial charge in [-0.3, -0.25) is 0 Å². The summed E-state index contributed by atoms with van der Waals surface area (Å²) in [5, 5.41) is 5.59. The maximum atomic E-state index is 12.6. The molecule has 0 radical (unpaired) electrons.